The van der Waals surface area contributed by atoms with Crippen molar-refractivity contribution >= 4 is 44.2 Å². The molecule has 1 aromatic carbocycles. The molecule has 7 heteroatoms. The summed E-state index contributed by atoms with van der Waals surface area (Å²) < 4.78 is 0.975. The van der Waals surface area contributed by atoms with E-state index in [0.29, 0.717) is 11.7 Å². The first-order valence-electron chi connectivity index (χ1n) is 6.09. The lowest BCUT2D eigenvalue weighted by atomic mass is 10.2. The number of rotatable bonds is 5. The summed E-state index contributed by atoms with van der Waals surface area (Å²) in [6.07, 6.45) is 0. The highest BCUT2D eigenvalue weighted by molar-refractivity contribution is 9.10. The Morgan fingerprint density at radius 2 is 2.14 bits per heavy atom. The maximum atomic E-state index is 11.5. The molecule has 0 bridgehead atoms. The van der Waals surface area contributed by atoms with Crippen molar-refractivity contribution in [3.8, 4) is 0 Å². The molecular formula is C14H13BrN2O3S. The largest absolute Gasteiger partial charge is 0.476 e. The molecular weight excluding hydrogens is 356 g/mol. The molecule has 2 aromatic rings. The molecule has 0 aliphatic carbocycles. The average Bonchev–Trinajstić information content (AvgIpc) is 2.84. The highest BCUT2D eigenvalue weighted by atomic mass is 79.9. The van der Waals surface area contributed by atoms with Crippen molar-refractivity contribution in [2.24, 2.45) is 0 Å². The summed E-state index contributed by atoms with van der Waals surface area (Å²) >= 11 is 4.51. The summed E-state index contributed by atoms with van der Waals surface area (Å²) in [6.45, 7) is 1.92. The lowest BCUT2D eigenvalue weighted by Gasteiger charge is -2.15. The van der Waals surface area contributed by atoms with Crippen LogP contribution in [-0.4, -0.2) is 28.9 Å². The Balaban J connectivity index is 2.27. The van der Waals surface area contributed by atoms with Gasteiger partial charge in [0.15, 0.2) is 16.6 Å². The van der Waals surface area contributed by atoms with E-state index < -0.39 is 5.97 Å². The van der Waals surface area contributed by atoms with E-state index in [1.54, 1.807) is 0 Å². The van der Waals surface area contributed by atoms with Crippen LogP contribution in [0.15, 0.2) is 28.7 Å². The summed E-state index contributed by atoms with van der Waals surface area (Å²) in [5, 5.41) is 9.61. The Morgan fingerprint density at radius 3 is 2.67 bits per heavy atom. The second kappa shape index (κ2) is 6.36. The van der Waals surface area contributed by atoms with E-state index in [2.05, 4.69) is 20.9 Å². The molecule has 0 unspecified atom stereocenters. The van der Waals surface area contributed by atoms with Crippen molar-refractivity contribution in [1.82, 2.24) is 4.98 Å². The van der Waals surface area contributed by atoms with E-state index in [-0.39, 0.29) is 16.4 Å². The highest BCUT2D eigenvalue weighted by Crippen LogP contribution is 2.27. The van der Waals surface area contributed by atoms with Crippen LogP contribution in [0.4, 0.5) is 5.13 Å². The molecule has 1 aromatic heterocycles. The number of carboxylic acids is 1. The lowest BCUT2D eigenvalue weighted by molar-refractivity contribution is 0.0687. The van der Waals surface area contributed by atoms with Gasteiger partial charge < -0.3 is 10.0 Å². The summed E-state index contributed by atoms with van der Waals surface area (Å²) in [4.78, 5) is 28.7. The Morgan fingerprint density at radius 1 is 1.43 bits per heavy atom. The second-order valence-electron chi connectivity index (χ2n) is 4.52. The van der Waals surface area contributed by atoms with Crippen LogP contribution in [0.3, 0.4) is 0 Å². The first-order valence-corrected chi connectivity index (χ1v) is 7.70. The van der Waals surface area contributed by atoms with Crippen molar-refractivity contribution in [2.75, 3.05) is 11.9 Å². The van der Waals surface area contributed by atoms with Crippen molar-refractivity contribution in [3.63, 3.8) is 0 Å². The number of aromatic carboxylic acids is 1. The van der Waals surface area contributed by atoms with E-state index in [4.69, 9.17) is 5.11 Å². The number of nitrogens with zero attached hydrogens (tertiary/aromatic N) is 2. The van der Waals surface area contributed by atoms with E-state index in [1.165, 1.54) is 6.92 Å². The third-order valence-electron chi connectivity index (χ3n) is 2.77. The van der Waals surface area contributed by atoms with Crippen LogP contribution < -0.4 is 4.90 Å². The number of hydrogen-bond donors (Lipinski definition) is 1. The van der Waals surface area contributed by atoms with Gasteiger partial charge >= 0.3 is 5.97 Å². The van der Waals surface area contributed by atoms with Crippen LogP contribution in [0.25, 0.3) is 0 Å². The Kier molecular flexibility index (Phi) is 4.74. The molecule has 0 aliphatic rings. The number of ketones is 1. The fraction of sp³-hybridized carbons (Fsp3) is 0.214. The number of Topliss-reactive ketones (excluding diaryl/α,β-unsaturated/α-hetero) is 1. The number of anilines is 1. The molecule has 5 nitrogen and oxygen atoms in total. The Labute approximate surface area is 134 Å². The molecule has 2 rings (SSSR count). The van der Waals surface area contributed by atoms with Gasteiger partial charge in [-0.1, -0.05) is 39.4 Å². The smallest absolute Gasteiger partial charge is 0.356 e. The monoisotopic (exact) mass is 368 g/mol. The van der Waals surface area contributed by atoms with Gasteiger partial charge in [-0.05, 0) is 17.7 Å². The third-order valence-corrected chi connectivity index (χ3v) is 4.54. The molecule has 0 saturated heterocycles. The van der Waals surface area contributed by atoms with Gasteiger partial charge in [-0.25, -0.2) is 9.78 Å². The minimum absolute atomic E-state index is 0.177. The standard InChI is InChI=1S/C14H13BrN2O3S/c1-8(18)12-11(13(19)20)16-14(21-12)17(2)7-9-4-3-5-10(15)6-9/h3-6H,7H2,1-2H3,(H,19,20). The maximum Gasteiger partial charge on any atom is 0.356 e. The van der Waals surface area contributed by atoms with Crippen LogP contribution in [0.5, 0.6) is 0 Å². The topological polar surface area (TPSA) is 70.5 Å². The minimum Gasteiger partial charge on any atom is -0.476 e. The fourth-order valence-corrected chi connectivity index (χ4v) is 3.19. The average molecular weight is 369 g/mol. The number of carbonyl (C=O) groups is 2. The van der Waals surface area contributed by atoms with Gasteiger partial charge in [0, 0.05) is 25.0 Å². The first-order chi connectivity index (χ1) is 9.88. The minimum atomic E-state index is -1.18. The molecule has 0 amide bonds. The van der Waals surface area contributed by atoms with Crippen LogP contribution in [0, 0.1) is 0 Å². The quantitative estimate of drug-likeness (QED) is 0.818. The number of hydrogen-bond acceptors (Lipinski definition) is 5. The highest BCUT2D eigenvalue weighted by Gasteiger charge is 2.22. The van der Waals surface area contributed by atoms with Crippen LogP contribution in [-0.2, 0) is 6.54 Å². The molecule has 110 valence electrons. The van der Waals surface area contributed by atoms with Crippen molar-refractivity contribution in [3.05, 3.63) is 44.9 Å². The SMILES string of the molecule is CC(=O)c1sc(N(C)Cc2cccc(Br)c2)nc1C(=O)O. The zero-order valence-corrected chi connectivity index (χ0v) is 13.9. The Hall–Kier alpha value is -1.73. The molecule has 1 heterocycles. The molecule has 1 N–H and O–H groups in total. The number of aromatic nitrogens is 1. The number of thiazole rings is 1. The van der Waals surface area contributed by atoms with E-state index in [1.807, 2.05) is 36.2 Å². The molecule has 0 spiro atoms. The number of carbonyl (C=O) groups excluding carboxylic acids is 1. The van der Waals surface area contributed by atoms with E-state index >= 15 is 0 Å². The predicted octanol–water partition coefficient (Wildman–Crippen LogP) is 3.44. The van der Waals surface area contributed by atoms with Crippen LogP contribution in [0.2, 0.25) is 0 Å². The van der Waals surface area contributed by atoms with Gasteiger partial charge in [-0.15, -0.1) is 0 Å². The summed E-state index contributed by atoms with van der Waals surface area (Å²) in [5.41, 5.74) is 0.881. The zero-order chi connectivity index (χ0) is 15.6. The second-order valence-corrected chi connectivity index (χ2v) is 6.41. The molecule has 0 saturated carbocycles. The van der Waals surface area contributed by atoms with Gasteiger partial charge in [0.25, 0.3) is 0 Å². The molecule has 0 aliphatic heterocycles. The van der Waals surface area contributed by atoms with Gasteiger partial charge in [0.1, 0.15) is 4.88 Å². The fourth-order valence-electron chi connectivity index (χ4n) is 1.83. The molecule has 0 radical (unpaired) electrons. The Bertz CT molecular complexity index is 668. The van der Waals surface area contributed by atoms with Crippen LogP contribution >= 0.6 is 27.3 Å². The summed E-state index contributed by atoms with van der Waals surface area (Å²) in [7, 11) is 1.81. The maximum absolute atomic E-state index is 11.5. The van der Waals surface area contributed by atoms with E-state index in [0.717, 1.165) is 21.4 Å². The van der Waals surface area contributed by atoms with Crippen molar-refractivity contribution in [2.45, 2.75) is 13.5 Å². The van der Waals surface area contributed by atoms with Gasteiger partial charge in [-0.2, -0.15) is 0 Å². The van der Waals surface area contributed by atoms with Crippen molar-refractivity contribution in [1.29, 1.82) is 0 Å². The van der Waals surface area contributed by atoms with Gasteiger partial charge in [0.2, 0.25) is 0 Å². The van der Waals surface area contributed by atoms with Crippen molar-refractivity contribution < 1.29 is 14.7 Å². The molecule has 0 atom stereocenters. The lowest BCUT2D eigenvalue weighted by Crippen LogP contribution is -2.16. The molecule has 0 fully saturated rings. The molecule has 21 heavy (non-hydrogen) atoms. The normalized spacial score (nSPS) is 10.4. The van der Waals surface area contributed by atoms with Gasteiger partial charge in [-0.3, -0.25) is 4.79 Å². The summed E-state index contributed by atoms with van der Waals surface area (Å²) in [6, 6.07) is 7.81. The van der Waals surface area contributed by atoms with Gasteiger partial charge in [0.05, 0.1) is 0 Å². The number of benzene rings is 1. The first kappa shape index (κ1) is 15.7. The number of carboxylic acid groups (broad SMARTS) is 1. The zero-order valence-electron chi connectivity index (χ0n) is 11.5. The van der Waals surface area contributed by atoms with E-state index in [9.17, 15) is 9.59 Å². The summed E-state index contributed by atoms with van der Waals surface area (Å²) in [5.74, 6) is -1.47. The number of halogens is 1. The van der Waals surface area contributed by atoms with Crippen LogP contribution in [0.1, 0.15) is 32.6 Å². The third kappa shape index (κ3) is 3.68. The predicted molar refractivity (Wildman–Crippen MR) is 85.3 cm³/mol.